The smallest absolute Gasteiger partial charge is 0.321 e. The minimum Gasteiger partial charge on any atom is -0.338 e. The predicted molar refractivity (Wildman–Crippen MR) is 116 cm³/mol. The van der Waals surface area contributed by atoms with Gasteiger partial charge in [0.05, 0.1) is 6.04 Å². The van der Waals surface area contributed by atoms with Crippen LogP contribution in [0.2, 0.25) is 0 Å². The van der Waals surface area contributed by atoms with E-state index in [2.05, 4.69) is 43.2 Å². The first-order valence-corrected chi connectivity index (χ1v) is 10.6. The van der Waals surface area contributed by atoms with Gasteiger partial charge < -0.3 is 20.4 Å². The highest BCUT2D eigenvalue weighted by atomic mass is 16.2. The third-order valence-electron chi connectivity index (χ3n) is 6.06. The Morgan fingerprint density at radius 2 is 1.66 bits per heavy atom. The van der Waals surface area contributed by atoms with E-state index < -0.39 is 0 Å². The Balaban J connectivity index is 1.51. The van der Waals surface area contributed by atoms with Crippen LogP contribution in [0.1, 0.15) is 31.9 Å². The summed E-state index contributed by atoms with van der Waals surface area (Å²) in [5.41, 5.74) is 3.23. The van der Waals surface area contributed by atoms with E-state index in [-0.39, 0.29) is 23.5 Å². The number of amides is 3. The van der Waals surface area contributed by atoms with Crippen LogP contribution < -0.4 is 10.6 Å². The Morgan fingerprint density at radius 1 is 1.00 bits per heavy atom. The summed E-state index contributed by atoms with van der Waals surface area (Å²) in [7, 11) is 0. The van der Waals surface area contributed by atoms with Crippen molar-refractivity contribution < 1.29 is 9.59 Å². The van der Waals surface area contributed by atoms with Crippen molar-refractivity contribution in [3.8, 4) is 0 Å². The third kappa shape index (κ3) is 5.28. The second kappa shape index (κ2) is 8.71. The van der Waals surface area contributed by atoms with Crippen LogP contribution in [0.25, 0.3) is 0 Å². The Labute approximate surface area is 174 Å². The molecule has 0 aliphatic carbocycles. The van der Waals surface area contributed by atoms with Gasteiger partial charge >= 0.3 is 6.03 Å². The first kappa shape index (κ1) is 21.6. The molecule has 2 N–H and O–H groups in total. The summed E-state index contributed by atoms with van der Waals surface area (Å²) >= 11 is 0. The molecular weight excluding hydrogens is 366 g/mol. The van der Waals surface area contributed by atoms with Crippen LogP contribution in [-0.2, 0) is 4.79 Å². The Hall–Kier alpha value is -2.12. The Bertz CT molecular complexity index is 750. The van der Waals surface area contributed by atoms with E-state index in [0.717, 1.165) is 30.9 Å². The van der Waals surface area contributed by atoms with Crippen molar-refractivity contribution >= 4 is 17.6 Å². The number of hydrogen-bond acceptors (Lipinski definition) is 4. The van der Waals surface area contributed by atoms with E-state index in [1.54, 1.807) is 4.90 Å². The molecule has 2 aliphatic heterocycles. The average molecular weight is 402 g/mol. The van der Waals surface area contributed by atoms with Crippen molar-refractivity contribution in [2.45, 2.75) is 46.2 Å². The Morgan fingerprint density at radius 3 is 2.28 bits per heavy atom. The molecule has 2 heterocycles. The van der Waals surface area contributed by atoms with Gasteiger partial charge in [-0.05, 0) is 57.9 Å². The second-order valence-electron chi connectivity index (χ2n) is 9.17. The third-order valence-corrected chi connectivity index (χ3v) is 6.06. The van der Waals surface area contributed by atoms with Crippen LogP contribution >= 0.6 is 0 Å². The monoisotopic (exact) mass is 401 g/mol. The molecule has 0 saturated carbocycles. The van der Waals surface area contributed by atoms with Crippen molar-refractivity contribution in [2.24, 2.45) is 0 Å². The summed E-state index contributed by atoms with van der Waals surface area (Å²) in [6, 6.07) is 5.66. The first-order chi connectivity index (χ1) is 13.6. The molecule has 1 atom stereocenters. The molecular formula is C22H35N5O2. The fourth-order valence-corrected chi connectivity index (χ4v) is 3.90. The van der Waals surface area contributed by atoms with Crippen molar-refractivity contribution in [1.29, 1.82) is 0 Å². The molecule has 7 heteroatoms. The molecule has 0 unspecified atom stereocenters. The van der Waals surface area contributed by atoms with Gasteiger partial charge in [-0.25, -0.2) is 4.79 Å². The lowest BCUT2D eigenvalue weighted by atomic mass is 10.0. The number of carbonyl (C=O) groups excluding carboxylic acids is 2. The number of carbonyl (C=O) groups is 2. The number of nitrogens with zero attached hydrogens (tertiary/aromatic N) is 3. The van der Waals surface area contributed by atoms with Crippen LogP contribution in [0.5, 0.6) is 0 Å². The molecule has 29 heavy (non-hydrogen) atoms. The molecule has 0 aromatic heterocycles. The summed E-state index contributed by atoms with van der Waals surface area (Å²) in [6.45, 7) is 15.4. The molecule has 3 amide bonds. The number of hydrogen-bond donors (Lipinski definition) is 2. The summed E-state index contributed by atoms with van der Waals surface area (Å²) in [5.74, 6) is 0.146. The lowest BCUT2D eigenvalue weighted by molar-refractivity contribution is -0.136. The predicted octanol–water partition coefficient (Wildman–Crippen LogP) is 2.05. The van der Waals surface area contributed by atoms with Gasteiger partial charge in [-0.3, -0.25) is 9.69 Å². The van der Waals surface area contributed by atoms with Crippen LogP contribution in [0.4, 0.5) is 10.5 Å². The molecule has 1 aromatic carbocycles. The topological polar surface area (TPSA) is 67.9 Å². The summed E-state index contributed by atoms with van der Waals surface area (Å²) in [6.07, 6.45) is 0. The van der Waals surface area contributed by atoms with Gasteiger partial charge in [0, 0.05) is 57.0 Å². The van der Waals surface area contributed by atoms with Crippen LogP contribution in [0.15, 0.2) is 18.2 Å². The molecule has 3 rings (SSSR count). The average Bonchev–Trinajstić information content (AvgIpc) is 2.70. The lowest BCUT2D eigenvalue weighted by Gasteiger charge is -2.43. The molecule has 2 saturated heterocycles. The zero-order valence-electron chi connectivity index (χ0n) is 18.4. The van der Waals surface area contributed by atoms with E-state index >= 15 is 0 Å². The van der Waals surface area contributed by atoms with Crippen molar-refractivity contribution in [2.75, 3.05) is 51.1 Å². The van der Waals surface area contributed by atoms with Crippen LogP contribution in [-0.4, -0.2) is 84.0 Å². The van der Waals surface area contributed by atoms with Gasteiger partial charge in [0.15, 0.2) is 0 Å². The summed E-state index contributed by atoms with van der Waals surface area (Å²) in [4.78, 5) is 31.6. The lowest BCUT2D eigenvalue weighted by Crippen LogP contribution is -2.63. The maximum atomic E-state index is 13.0. The van der Waals surface area contributed by atoms with E-state index in [4.69, 9.17) is 0 Å². The van der Waals surface area contributed by atoms with E-state index in [1.165, 1.54) is 5.56 Å². The normalized spacial score (nSPS) is 21.2. The molecule has 0 bridgehead atoms. The van der Waals surface area contributed by atoms with Crippen molar-refractivity contribution in [1.82, 2.24) is 20.0 Å². The number of piperazine rings is 2. The second-order valence-corrected chi connectivity index (χ2v) is 9.17. The molecule has 2 aliphatic rings. The quantitative estimate of drug-likeness (QED) is 0.796. The van der Waals surface area contributed by atoms with E-state index in [9.17, 15) is 9.59 Å². The maximum Gasteiger partial charge on any atom is 0.321 e. The van der Waals surface area contributed by atoms with Crippen molar-refractivity contribution in [3.63, 3.8) is 0 Å². The zero-order chi connectivity index (χ0) is 21.2. The number of aryl methyl sites for hydroxylation is 2. The van der Waals surface area contributed by atoms with Gasteiger partial charge in [0.1, 0.15) is 0 Å². The SMILES string of the molecule is Cc1ccc(NC(=O)N2CCN(C(=O)[C@H]3CN(C(C)(C)C)CCN3)CC2)cc1C. The highest BCUT2D eigenvalue weighted by molar-refractivity contribution is 5.90. The van der Waals surface area contributed by atoms with Gasteiger partial charge in [-0.15, -0.1) is 0 Å². The van der Waals surface area contributed by atoms with Crippen molar-refractivity contribution in [3.05, 3.63) is 29.3 Å². The minimum atomic E-state index is -0.168. The van der Waals surface area contributed by atoms with E-state index in [1.807, 2.05) is 30.0 Å². The standard InChI is InChI=1S/C22H35N5O2/c1-16-6-7-18(14-17(16)2)24-21(29)26-12-10-25(11-13-26)20(28)19-15-27(9-8-23-19)22(3,4)5/h6-7,14,19,23H,8-13,15H2,1-5H3,(H,24,29)/t19-/m1/s1. The maximum absolute atomic E-state index is 13.0. The van der Waals surface area contributed by atoms with Gasteiger partial charge in [-0.2, -0.15) is 0 Å². The fourth-order valence-electron chi connectivity index (χ4n) is 3.90. The number of anilines is 1. The van der Waals surface area contributed by atoms with Gasteiger partial charge in [0.2, 0.25) is 5.91 Å². The van der Waals surface area contributed by atoms with Gasteiger partial charge in [-0.1, -0.05) is 6.07 Å². The highest BCUT2D eigenvalue weighted by Crippen LogP contribution is 2.18. The molecule has 0 spiro atoms. The van der Waals surface area contributed by atoms with Gasteiger partial charge in [0.25, 0.3) is 0 Å². The summed E-state index contributed by atoms with van der Waals surface area (Å²) in [5, 5.41) is 6.34. The van der Waals surface area contributed by atoms with E-state index in [0.29, 0.717) is 26.2 Å². The molecule has 160 valence electrons. The largest absolute Gasteiger partial charge is 0.338 e. The molecule has 0 radical (unpaired) electrons. The van der Waals surface area contributed by atoms with Crippen LogP contribution in [0, 0.1) is 13.8 Å². The summed E-state index contributed by atoms with van der Waals surface area (Å²) < 4.78 is 0. The molecule has 7 nitrogen and oxygen atoms in total. The molecule has 1 aromatic rings. The highest BCUT2D eigenvalue weighted by Gasteiger charge is 2.34. The zero-order valence-corrected chi connectivity index (χ0v) is 18.4. The Kier molecular flexibility index (Phi) is 6.49. The molecule has 2 fully saturated rings. The minimum absolute atomic E-state index is 0.0613. The number of rotatable bonds is 2. The number of benzene rings is 1. The fraction of sp³-hybridized carbons (Fsp3) is 0.636. The number of urea groups is 1. The van der Waals surface area contributed by atoms with Crippen LogP contribution in [0.3, 0.4) is 0 Å². The first-order valence-electron chi connectivity index (χ1n) is 10.6. The number of nitrogens with one attached hydrogen (secondary N) is 2.